The van der Waals surface area contributed by atoms with Gasteiger partial charge in [-0.25, -0.2) is 0 Å². The molecule has 0 saturated heterocycles. The minimum Gasteiger partial charge on any atom is -0.550 e. The molecule has 2 N–H and O–H groups in total. The van der Waals surface area contributed by atoms with E-state index in [0.29, 0.717) is 6.07 Å². The van der Waals surface area contributed by atoms with Gasteiger partial charge in [0.1, 0.15) is 0 Å². The molecule has 10 heteroatoms. The zero-order chi connectivity index (χ0) is 16.2. The van der Waals surface area contributed by atoms with Gasteiger partial charge in [0.2, 0.25) is 5.91 Å². The number of hydrogen-bond donors (Lipinski definition) is 2. The zero-order valence-electron chi connectivity index (χ0n) is 11.4. The van der Waals surface area contributed by atoms with Crippen molar-refractivity contribution in [3.8, 4) is 0 Å². The van der Waals surface area contributed by atoms with E-state index in [-0.39, 0.29) is 57.1 Å². The molecule has 0 saturated carbocycles. The molecule has 1 amide bonds. The molecule has 0 aliphatic rings. The van der Waals surface area contributed by atoms with E-state index in [1.54, 1.807) is 0 Å². The minimum atomic E-state index is -4.70. The van der Waals surface area contributed by atoms with Crippen molar-refractivity contribution < 1.29 is 84.4 Å². The first kappa shape index (κ1) is 21.8. The maximum Gasteiger partial charge on any atom is 1.00 e. The van der Waals surface area contributed by atoms with E-state index in [1.165, 1.54) is 0 Å². The molecular formula is C12H10ClF3KNO4. The van der Waals surface area contributed by atoms with Crippen molar-refractivity contribution in [3.05, 3.63) is 28.8 Å². The molecule has 0 spiro atoms. The topological polar surface area (TPSA) is 89.5 Å². The van der Waals surface area contributed by atoms with Gasteiger partial charge in [0.25, 0.3) is 0 Å². The molecule has 22 heavy (non-hydrogen) atoms. The van der Waals surface area contributed by atoms with Crippen LogP contribution in [0, 0.1) is 5.92 Å². The van der Waals surface area contributed by atoms with Crippen LogP contribution in [0.4, 0.5) is 18.9 Å². The van der Waals surface area contributed by atoms with Gasteiger partial charge in [-0.3, -0.25) is 4.79 Å². The van der Waals surface area contributed by atoms with E-state index >= 15 is 0 Å². The molecular weight excluding hydrogens is 354 g/mol. The predicted octanol–water partition coefficient (Wildman–Crippen LogP) is -1.95. The van der Waals surface area contributed by atoms with Crippen molar-refractivity contribution in [3.63, 3.8) is 0 Å². The first-order chi connectivity index (χ1) is 9.65. The number of halogens is 4. The normalized spacial score (nSPS) is 12.2. The molecule has 0 aliphatic heterocycles. The summed E-state index contributed by atoms with van der Waals surface area (Å²) in [4.78, 5) is 22.0. The smallest absolute Gasteiger partial charge is 0.550 e. The average molecular weight is 364 g/mol. The summed E-state index contributed by atoms with van der Waals surface area (Å²) in [6, 6.07) is 2.70. The van der Waals surface area contributed by atoms with Crippen LogP contribution in [0.5, 0.6) is 0 Å². The number of nitrogens with one attached hydrogen (secondary N) is 1. The van der Waals surface area contributed by atoms with E-state index in [1.807, 2.05) is 0 Å². The maximum atomic E-state index is 12.6. The summed E-state index contributed by atoms with van der Waals surface area (Å²) in [5, 5.41) is 20.8. The van der Waals surface area contributed by atoms with Gasteiger partial charge >= 0.3 is 57.6 Å². The maximum absolute atomic E-state index is 12.6. The summed E-state index contributed by atoms with van der Waals surface area (Å²) >= 11 is 5.42. The first-order valence-electron chi connectivity index (χ1n) is 5.63. The van der Waals surface area contributed by atoms with Crippen LogP contribution in [-0.4, -0.2) is 23.6 Å². The predicted molar refractivity (Wildman–Crippen MR) is 65.3 cm³/mol. The number of aliphatic hydroxyl groups is 1. The van der Waals surface area contributed by atoms with Crippen LogP contribution in [0.3, 0.4) is 0 Å². The van der Waals surface area contributed by atoms with Crippen LogP contribution in [0.2, 0.25) is 5.02 Å². The van der Waals surface area contributed by atoms with Crippen molar-refractivity contribution in [2.75, 3.05) is 11.9 Å². The fourth-order valence-corrected chi connectivity index (χ4v) is 1.73. The Kier molecular flexibility index (Phi) is 9.14. The Morgan fingerprint density at radius 2 is 1.95 bits per heavy atom. The number of alkyl halides is 3. The number of carboxylic acid groups (broad SMARTS) is 1. The summed E-state index contributed by atoms with van der Waals surface area (Å²) < 4.78 is 37.9. The number of benzene rings is 1. The number of amides is 1. The van der Waals surface area contributed by atoms with E-state index in [9.17, 15) is 27.9 Å². The molecule has 0 aliphatic carbocycles. The molecule has 0 bridgehead atoms. The standard InChI is InChI=1S/C12H11ClF3NO4.K/c13-9-2-1-7(4-8(9)12(14,15)16)17-11(21)6(5-18)3-10(19)20;/h1-2,4,6,18H,3,5H2,(H,17,21)(H,19,20);/q;+1/p-1. The van der Waals surface area contributed by atoms with E-state index < -0.39 is 47.6 Å². The van der Waals surface area contributed by atoms with Gasteiger partial charge in [-0.15, -0.1) is 0 Å². The number of carbonyl (C=O) groups is 2. The van der Waals surface area contributed by atoms with Crippen LogP contribution < -0.4 is 61.8 Å². The molecule has 0 heterocycles. The number of carboxylic acids is 1. The van der Waals surface area contributed by atoms with Gasteiger partial charge in [0.05, 0.1) is 23.1 Å². The van der Waals surface area contributed by atoms with E-state index in [2.05, 4.69) is 5.32 Å². The molecule has 0 radical (unpaired) electrons. The molecule has 0 aromatic heterocycles. The van der Waals surface area contributed by atoms with Gasteiger partial charge in [-0.05, 0) is 18.2 Å². The van der Waals surface area contributed by atoms with Crippen molar-refractivity contribution in [2.45, 2.75) is 12.6 Å². The number of hydrogen-bond acceptors (Lipinski definition) is 4. The number of rotatable bonds is 5. The van der Waals surface area contributed by atoms with Crippen LogP contribution in [0.15, 0.2) is 18.2 Å². The second kappa shape index (κ2) is 9.21. The van der Waals surface area contributed by atoms with Crippen LogP contribution in [0.25, 0.3) is 0 Å². The zero-order valence-corrected chi connectivity index (χ0v) is 15.3. The number of aliphatic hydroxyl groups excluding tert-OH is 1. The van der Waals surface area contributed by atoms with Crippen molar-refractivity contribution in [1.29, 1.82) is 0 Å². The monoisotopic (exact) mass is 363 g/mol. The Hall–Kier alpha value is -0.164. The number of anilines is 1. The fourth-order valence-electron chi connectivity index (χ4n) is 1.51. The average Bonchev–Trinajstić information content (AvgIpc) is 2.36. The summed E-state index contributed by atoms with van der Waals surface area (Å²) in [7, 11) is 0. The summed E-state index contributed by atoms with van der Waals surface area (Å²) in [5.74, 6) is -3.81. The van der Waals surface area contributed by atoms with Gasteiger partial charge in [-0.1, -0.05) is 11.6 Å². The summed E-state index contributed by atoms with van der Waals surface area (Å²) in [6.07, 6.45) is -5.44. The SMILES string of the molecule is O=C([O-])CC(CO)C(=O)Nc1ccc(Cl)c(C(F)(F)F)c1.[K+]. The van der Waals surface area contributed by atoms with Crippen molar-refractivity contribution in [1.82, 2.24) is 0 Å². The van der Waals surface area contributed by atoms with E-state index in [0.717, 1.165) is 12.1 Å². The Morgan fingerprint density at radius 1 is 1.36 bits per heavy atom. The Bertz CT molecular complexity index is 554. The molecule has 1 aromatic carbocycles. The number of aliphatic carboxylic acids is 1. The van der Waals surface area contributed by atoms with Crippen molar-refractivity contribution in [2.24, 2.45) is 5.92 Å². The molecule has 116 valence electrons. The fraction of sp³-hybridized carbons (Fsp3) is 0.333. The van der Waals surface area contributed by atoms with Crippen LogP contribution >= 0.6 is 11.6 Å². The third kappa shape index (κ3) is 6.53. The molecule has 5 nitrogen and oxygen atoms in total. The van der Waals surface area contributed by atoms with Crippen LogP contribution in [0.1, 0.15) is 12.0 Å². The number of carbonyl (C=O) groups excluding carboxylic acids is 2. The Labute approximate surface area is 171 Å². The van der Waals surface area contributed by atoms with E-state index in [4.69, 9.17) is 16.7 Å². The quantitative estimate of drug-likeness (QED) is 0.595. The van der Waals surface area contributed by atoms with Gasteiger partial charge in [0, 0.05) is 18.1 Å². The largest absolute Gasteiger partial charge is 1.00 e. The summed E-state index contributed by atoms with van der Waals surface area (Å²) in [6.45, 7) is -0.778. The van der Waals surface area contributed by atoms with Crippen molar-refractivity contribution >= 4 is 29.2 Å². The molecule has 1 atom stereocenters. The van der Waals surface area contributed by atoms with Gasteiger partial charge < -0.3 is 20.3 Å². The third-order valence-electron chi connectivity index (χ3n) is 2.54. The Balaban J connectivity index is 0.00000441. The minimum absolute atomic E-state index is 0. The summed E-state index contributed by atoms with van der Waals surface area (Å²) in [5.41, 5.74) is -1.35. The van der Waals surface area contributed by atoms with Crippen LogP contribution in [-0.2, 0) is 15.8 Å². The molecule has 0 fully saturated rings. The molecule has 1 unspecified atom stereocenters. The molecule has 1 rings (SSSR count). The first-order valence-corrected chi connectivity index (χ1v) is 6.01. The van der Waals surface area contributed by atoms with Gasteiger partial charge in [-0.2, -0.15) is 13.2 Å². The molecule has 1 aromatic rings. The second-order valence-corrected chi connectivity index (χ2v) is 4.54. The second-order valence-electron chi connectivity index (χ2n) is 4.14. The third-order valence-corrected chi connectivity index (χ3v) is 2.87. The van der Waals surface area contributed by atoms with Gasteiger partial charge in [0.15, 0.2) is 0 Å². The Morgan fingerprint density at radius 3 is 2.41 bits per heavy atom.